The number of aromatic amines is 1. The van der Waals surface area contributed by atoms with Gasteiger partial charge in [-0.1, -0.05) is 34.1 Å². The van der Waals surface area contributed by atoms with Crippen molar-refractivity contribution in [3.63, 3.8) is 0 Å². The van der Waals surface area contributed by atoms with Gasteiger partial charge in [-0.3, -0.25) is 9.59 Å². The summed E-state index contributed by atoms with van der Waals surface area (Å²) in [5.74, 6) is -0.257. The normalized spacial score (nSPS) is 13.2. The smallest absolute Gasteiger partial charge is 0.240 e. The molecule has 0 aliphatic carbocycles. The Kier molecular flexibility index (Phi) is 5.19. The second-order valence-corrected chi connectivity index (χ2v) is 7.71. The fourth-order valence-electron chi connectivity index (χ4n) is 3.63. The first kappa shape index (κ1) is 18.7. The van der Waals surface area contributed by atoms with E-state index in [1.165, 1.54) is 0 Å². The number of carbonyl (C=O) groups excluding carboxylic acids is 2. The SMILES string of the molecule is CNCCNC(=O)CN1C(=O)Cc2c([nH]c3ccc(Br)cc23)-c2ccccc21. The molecule has 0 fully saturated rings. The molecule has 0 atom stereocenters. The molecule has 3 N–H and O–H groups in total. The summed E-state index contributed by atoms with van der Waals surface area (Å²) in [4.78, 5) is 30.6. The Hall–Kier alpha value is -2.64. The van der Waals surface area contributed by atoms with Gasteiger partial charge in [0.1, 0.15) is 6.54 Å². The third-order valence-corrected chi connectivity index (χ3v) is 5.45. The van der Waals surface area contributed by atoms with Crippen LogP contribution >= 0.6 is 15.9 Å². The van der Waals surface area contributed by atoms with Crippen molar-refractivity contribution < 1.29 is 9.59 Å². The molecular weight excluding hydrogens is 420 g/mol. The van der Waals surface area contributed by atoms with Crippen LogP contribution in [-0.2, 0) is 16.0 Å². The highest BCUT2D eigenvalue weighted by Gasteiger charge is 2.29. The molecule has 1 aromatic heterocycles. The van der Waals surface area contributed by atoms with Crippen LogP contribution in [0, 0.1) is 0 Å². The average molecular weight is 441 g/mol. The lowest BCUT2D eigenvalue weighted by Gasteiger charge is -2.22. The summed E-state index contributed by atoms with van der Waals surface area (Å²) in [5, 5.41) is 6.85. The molecule has 0 radical (unpaired) electrons. The average Bonchev–Trinajstić information content (AvgIpc) is 2.98. The zero-order chi connectivity index (χ0) is 19.7. The van der Waals surface area contributed by atoms with Crippen molar-refractivity contribution in [3.8, 4) is 11.3 Å². The molecule has 0 saturated carbocycles. The number of hydrogen-bond acceptors (Lipinski definition) is 3. The van der Waals surface area contributed by atoms with E-state index in [9.17, 15) is 9.59 Å². The molecule has 0 bridgehead atoms. The van der Waals surface area contributed by atoms with Gasteiger partial charge in [0.15, 0.2) is 0 Å². The van der Waals surface area contributed by atoms with Crippen molar-refractivity contribution in [2.75, 3.05) is 31.6 Å². The number of carbonyl (C=O) groups is 2. The molecule has 2 amide bonds. The molecule has 2 heterocycles. The number of nitrogens with zero attached hydrogens (tertiary/aromatic N) is 1. The first-order valence-electron chi connectivity index (χ1n) is 9.19. The minimum Gasteiger partial charge on any atom is -0.354 e. The fourth-order valence-corrected chi connectivity index (χ4v) is 4.00. The highest BCUT2D eigenvalue weighted by atomic mass is 79.9. The molecule has 1 aliphatic heterocycles. The Balaban J connectivity index is 1.75. The molecule has 2 aromatic carbocycles. The number of fused-ring (bicyclic) bond motifs is 5. The van der Waals surface area contributed by atoms with Crippen LogP contribution in [0.25, 0.3) is 22.2 Å². The Labute approximate surface area is 171 Å². The second-order valence-electron chi connectivity index (χ2n) is 6.80. The number of likely N-dealkylation sites (N-methyl/N-ethyl adjacent to an activating group) is 1. The van der Waals surface area contributed by atoms with Crippen LogP contribution in [-0.4, -0.2) is 43.5 Å². The molecule has 4 rings (SSSR count). The van der Waals surface area contributed by atoms with Gasteiger partial charge < -0.3 is 20.5 Å². The van der Waals surface area contributed by atoms with Crippen LogP contribution in [0.2, 0.25) is 0 Å². The molecule has 6 nitrogen and oxygen atoms in total. The number of rotatable bonds is 5. The molecule has 0 spiro atoms. The van der Waals surface area contributed by atoms with E-state index in [1.807, 2.05) is 49.5 Å². The van der Waals surface area contributed by atoms with Crippen LogP contribution in [0.3, 0.4) is 0 Å². The third-order valence-electron chi connectivity index (χ3n) is 4.96. The lowest BCUT2D eigenvalue weighted by atomic mass is 10.0. The predicted octanol–water partition coefficient (Wildman–Crippen LogP) is 2.82. The van der Waals surface area contributed by atoms with Gasteiger partial charge in [-0.2, -0.15) is 0 Å². The van der Waals surface area contributed by atoms with Crippen LogP contribution in [0.5, 0.6) is 0 Å². The number of nitrogens with one attached hydrogen (secondary N) is 3. The van der Waals surface area contributed by atoms with E-state index in [-0.39, 0.29) is 24.8 Å². The van der Waals surface area contributed by atoms with E-state index in [0.29, 0.717) is 13.1 Å². The molecule has 7 heteroatoms. The summed E-state index contributed by atoms with van der Waals surface area (Å²) >= 11 is 3.52. The first-order valence-corrected chi connectivity index (χ1v) is 9.99. The number of benzene rings is 2. The monoisotopic (exact) mass is 440 g/mol. The van der Waals surface area contributed by atoms with Crippen molar-refractivity contribution in [3.05, 3.63) is 52.5 Å². The number of hydrogen-bond donors (Lipinski definition) is 3. The van der Waals surface area contributed by atoms with E-state index in [2.05, 4.69) is 31.5 Å². The van der Waals surface area contributed by atoms with Crippen molar-refractivity contribution in [1.29, 1.82) is 0 Å². The van der Waals surface area contributed by atoms with Crippen LogP contribution in [0.4, 0.5) is 5.69 Å². The topological polar surface area (TPSA) is 77.2 Å². The second kappa shape index (κ2) is 7.77. The van der Waals surface area contributed by atoms with Gasteiger partial charge in [0.05, 0.1) is 17.8 Å². The maximum Gasteiger partial charge on any atom is 0.240 e. The minimum atomic E-state index is -0.170. The standard InChI is InChI=1S/C21H21BrN4O2/c1-23-8-9-24-19(27)12-26-18-5-3-2-4-14(18)21-16(11-20(26)28)15-10-13(22)6-7-17(15)25-21/h2-7,10,23,25H,8-9,11-12H2,1H3,(H,24,27). The molecule has 1 aliphatic rings. The Morgan fingerprint density at radius 2 is 2.04 bits per heavy atom. The van der Waals surface area contributed by atoms with Gasteiger partial charge in [0.2, 0.25) is 11.8 Å². The minimum absolute atomic E-state index is 0.00542. The highest BCUT2D eigenvalue weighted by molar-refractivity contribution is 9.10. The van der Waals surface area contributed by atoms with Gasteiger partial charge >= 0.3 is 0 Å². The number of H-pyrrole nitrogens is 1. The zero-order valence-corrected chi connectivity index (χ0v) is 17.1. The quantitative estimate of drug-likeness (QED) is 0.533. The number of aromatic nitrogens is 1. The van der Waals surface area contributed by atoms with Crippen molar-refractivity contribution in [1.82, 2.24) is 15.6 Å². The maximum atomic E-state index is 13.1. The van der Waals surface area contributed by atoms with E-state index in [0.717, 1.165) is 37.9 Å². The molecule has 3 aromatic rings. The van der Waals surface area contributed by atoms with E-state index in [1.54, 1.807) is 4.90 Å². The zero-order valence-electron chi connectivity index (χ0n) is 15.5. The molecule has 0 unspecified atom stereocenters. The van der Waals surface area contributed by atoms with Crippen LogP contribution in [0.15, 0.2) is 46.9 Å². The lowest BCUT2D eigenvalue weighted by Crippen LogP contribution is -2.42. The third kappa shape index (κ3) is 3.43. The van der Waals surface area contributed by atoms with Crippen LogP contribution in [0.1, 0.15) is 5.56 Å². The Morgan fingerprint density at radius 3 is 2.86 bits per heavy atom. The first-order chi connectivity index (χ1) is 13.6. The summed E-state index contributed by atoms with van der Waals surface area (Å²) in [6.07, 6.45) is 0.240. The number of para-hydroxylation sites is 1. The summed E-state index contributed by atoms with van der Waals surface area (Å²) < 4.78 is 0.965. The summed E-state index contributed by atoms with van der Waals surface area (Å²) in [6.45, 7) is 1.21. The predicted molar refractivity (Wildman–Crippen MR) is 114 cm³/mol. The van der Waals surface area contributed by atoms with Crippen molar-refractivity contribution in [2.45, 2.75) is 6.42 Å². The maximum absolute atomic E-state index is 13.1. The summed E-state index contributed by atoms with van der Waals surface area (Å²) in [7, 11) is 1.83. The van der Waals surface area contributed by atoms with Gasteiger partial charge in [0.25, 0.3) is 0 Å². The van der Waals surface area contributed by atoms with Crippen molar-refractivity contribution >= 4 is 44.3 Å². The fraction of sp³-hybridized carbons (Fsp3) is 0.238. The largest absolute Gasteiger partial charge is 0.354 e. The van der Waals surface area contributed by atoms with Gasteiger partial charge in [-0.25, -0.2) is 0 Å². The molecule has 28 heavy (non-hydrogen) atoms. The summed E-state index contributed by atoms with van der Waals surface area (Å²) in [5.41, 5.74) is 4.58. The number of amides is 2. The van der Waals surface area contributed by atoms with E-state index < -0.39 is 0 Å². The molecule has 0 saturated heterocycles. The Bertz CT molecular complexity index is 1060. The van der Waals surface area contributed by atoms with Gasteiger partial charge in [-0.15, -0.1) is 0 Å². The summed E-state index contributed by atoms with van der Waals surface area (Å²) in [6, 6.07) is 13.7. The molecular formula is C21H21BrN4O2. The molecule has 144 valence electrons. The number of halogens is 1. The van der Waals surface area contributed by atoms with E-state index in [4.69, 9.17) is 0 Å². The van der Waals surface area contributed by atoms with Crippen LogP contribution < -0.4 is 15.5 Å². The number of anilines is 1. The highest BCUT2D eigenvalue weighted by Crippen LogP contribution is 2.40. The van der Waals surface area contributed by atoms with E-state index >= 15 is 0 Å². The van der Waals surface area contributed by atoms with Crippen molar-refractivity contribution in [2.24, 2.45) is 0 Å². The van der Waals surface area contributed by atoms with Gasteiger partial charge in [0, 0.05) is 34.0 Å². The Morgan fingerprint density at radius 1 is 1.21 bits per heavy atom. The van der Waals surface area contributed by atoms with Gasteiger partial charge in [-0.05, 0) is 36.9 Å². The lowest BCUT2D eigenvalue weighted by molar-refractivity contribution is -0.123.